The molecular weight excluding hydrogens is 337 g/mol. The minimum Gasteiger partial charge on any atom is 0 e. The molecule has 0 saturated carbocycles. The molecule has 0 aromatic rings. The zero-order chi connectivity index (χ0) is 0. The standard InChI is InChI=1S/Cu.Ni.P.W. The molecule has 0 unspecified atom stereocenters. The van der Waals surface area contributed by atoms with Crippen LogP contribution in [0.1, 0.15) is 0 Å². The number of rotatable bonds is 0. The van der Waals surface area contributed by atoms with Crippen LogP contribution in [0.15, 0.2) is 0 Å². The van der Waals surface area contributed by atoms with Gasteiger partial charge in [-0.3, -0.25) is 0 Å². The molecule has 0 heterocycles. The Bertz CT molecular complexity index is 8.00. The second-order valence-electron chi connectivity index (χ2n) is 0. The third-order valence-corrected chi connectivity index (χ3v) is 0. The fraction of sp³-hybridized carbons (Fsp3) is 0. The van der Waals surface area contributed by atoms with E-state index in [4.69, 9.17) is 0 Å². The quantitative estimate of drug-likeness (QED) is 0.454. The van der Waals surface area contributed by atoms with Crippen molar-refractivity contribution in [3.8, 4) is 0 Å². The van der Waals surface area contributed by atoms with Gasteiger partial charge in [0.1, 0.15) is 0 Å². The molecule has 4 radical (unpaired) electrons. The van der Waals surface area contributed by atoms with Gasteiger partial charge in [0.2, 0.25) is 0 Å². The van der Waals surface area contributed by atoms with E-state index in [-0.39, 0.29) is 64.5 Å². The molecule has 0 bridgehead atoms. The minimum absolute atomic E-state index is 0. The van der Waals surface area contributed by atoms with Crippen LogP contribution >= 0.6 is 9.90 Å². The van der Waals surface area contributed by atoms with Gasteiger partial charge in [-0.15, -0.1) is 0 Å². The predicted molar refractivity (Wildman–Crippen MR) is 6.92 cm³/mol. The van der Waals surface area contributed by atoms with Gasteiger partial charge in [-0.2, -0.15) is 0 Å². The first-order valence-electron chi connectivity index (χ1n) is 0. The maximum Gasteiger partial charge on any atom is 0 e. The van der Waals surface area contributed by atoms with Crippen LogP contribution in [0, 0.1) is 0 Å². The SMILES string of the molecule is [Cu].[Ni].[P].[W]. The van der Waals surface area contributed by atoms with Crippen molar-refractivity contribution in [1.82, 2.24) is 0 Å². The molecule has 0 N–H and O–H groups in total. The van der Waals surface area contributed by atoms with Crippen LogP contribution in [0.25, 0.3) is 0 Å². The zero-order valence-corrected chi connectivity index (χ0v) is 7.23. The van der Waals surface area contributed by atoms with E-state index in [1.807, 2.05) is 0 Å². The largest absolute Gasteiger partial charge is 0 e. The van der Waals surface area contributed by atoms with Crippen LogP contribution < -0.4 is 0 Å². The molecule has 32 valence electrons. The van der Waals surface area contributed by atoms with Crippen molar-refractivity contribution in [2.75, 3.05) is 0 Å². The van der Waals surface area contributed by atoms with Crippen molar-refractivity contribution in [2.45, 2.75) is 0 Å². The molecule has 0 aliphatic rings. The summed E-state index contributed by atoms with van der Waals surface area (Å²) in [5, 5.41) is 0. The fourth-order valence-electron chi connectivity index (χ4n) is 0. The molecule has 0 atom stereocenters. The molecule has 0 spiro atoms. The Balaban J connectivity index is 0. The summed E-state index contributed by atoms with van der Waals surface area (Å²) in [6.45, 7) is 0. The van der Waals surface area contributed by atoms with E-state index < -0.39 is 0 Å². The predicted octanol–water partition coefficient (Wildman–Crippen LogP) is 0.854. The summed E-state index contributed by atoms with van der Waals surface area (Å²) in [6, 6.07) is 0. The van der Waals surface area contributed by atoms with Gasteiger partial charge in [0.15, 0.2) is 0 Å². The average Bonchev–Trinajstić information content (AvgIpc) is 0. The third-order valence-electron chi connectivity index (χ3n) is 0. The van der Waals surface area contributed by atoms with Gasteiger partial charge in [-0.25, -0.2) is 0 Å². The molecule has 0 amide bonds. The van der Waals surface area contributed by atoms with Crippen LogP contribution in [-0.2, 0) is 54.6 Å². The van der Waals surface area contributed by atoms with E-state index in [1.54, 1.807) is 0 Å². The van der Waals surface area contributed by atoms with Crippen molar-refractivity contribution in [2.24, 2.45) is 0 Å². The average molecular weight is 337 g/mol. The summed E-state index contributed by atoms with van der Waals surface area (Å²) in [5.41, 5.74) is 0. The topological polar surface area (TPSA) is 0 Å². The van der Waals surface area contributed by atoms with E-state index in [0.717, 1.165) is 0 Å². The minimum atomic E-state index is 0. The van der Waals surface area contributed by atoms with E-state index in [9.17, 15) is 0 Å². The molecule has 0 saturated heterocycles. The molecule has 0 rings (SSSR count). The van der Waals surface area contributed by atoms with Crippen LogP contribution in [-0.4, -0.2) is 0 Å². The maximum absolute atomic E-state index is 0. The fourth-order valence-corrected chi connectivity index (χ4v) is 0. The van der Waals surface area contributed by atoms with E-state index >= 15 is 0 Å². The van der Waals surface area contributed by atoms with Gasteiger partial charge in [0, 0.05) is 64.5 Å². The molecule has 0 aromatic carbocycles. The molecule has 4 heavy (non-hydrogen) atoms. The summed E-state index contributed by atoms with van der Waals surface area (Å²) in [7, 11) is 0. The first-order valence-corrected chi connectivity index (χ1v) is 0. The molecular formula is CuNiPW. The molecule has 0 fully saturated rings. The van der Waals surface area contributed by atoms with Gasteiger partial charge in [-0.1, -0.05) is 0 Å². The Hall–Kier alpha value is 2.13. The summed E-state index contributed by atoms with van der Waals surface area (Å²) in [5.74, 6) is 0. The van der Waals surface area contributed by atoms with E-state index in [2.05, 4.69) is 0 Å². The second kappa shape index (κ2) is 19.3. The molecule has 0 aliphatic heterocycles. The van der Waals surface area contributed by atoms with E-state index in [1.165, 1.54) is 0 Å². The molecule has 0 aromatic heterocycles. The zero-order valence-electron chi connectivity index (χ0n) is 1.47. The maximum atomic E-state index is 0. The smallest absolute Gasteiger partial charge is 0 e. The van der Waals surface area contributed by atoms with Crippen molar-refractivity contribution in [3.63, 3.8) is 0 Å². The van der Waals surface area contributed by atoms with E-state index in [0.29, 0.717) is 0 Å². The van der Waals surface area contributed by atoms with Crippen molar-refractivity contribution in [3.05, 3.63) is 0 Å². The number of hydrogen-bond acceptors (Lipinski definition) is 0. The summed E-state index contributed by atoms with van der Waals surface area (Å²) < 4.78 is 0. The van der Waals surface area contributed by atoms with Crippen LogP contribution in [0.5, 0.6) is 0 Å². The second-order valence-corrected chi connectivity index (χ2v) is 0. The van der Waals surface area contributed by atoms with Gasteiger partial charge in [0.05, 0.1) is 0 Å². The van der Waals surface area contributed by atoms with Crippen LogP contribution in [0.2, 0.25) is 0 Å². The normalized spacial score (nSPS) is 0. The van der Waals surface area contributed by atoms with Crippen molar-refractivity contribution < 1.29 is 54.6 Å². The first-order chi connectivity index (χ1) is 0. The Morgan fingerprint density at radius 3 is 1.00 bits per heavy atom. The summed E-state index contributed by atoms with van der Waals surface area (Å²) >= 11 is 0. The van der Waals surface area contributed by atoms with Crippen molar-refractivity contribution >= 4 is 9.90 Å². The third kappa shape index (κ3) is 8.92. The van der Waals surface area contributed by atoms with Crippen LogP contribution in [0.4, 0.5) is 0 Å². The van der Waals surface area contributed by atoms with Crippen LogP contribution in [0.3, 0.4) is 0 Å². The Labute approximate surface area is 64.1 Å². The molecule has 0 nitrogen and oxygen atoms in total. The monoisotopic (exact) mass is 336 g/mol. The molecule has 4 heteroatoms. The van der Waals surface area contributed by atoms with Gasteiger partial charge < -0.3 is 0 Å². The Morgan fingerprint density at radius 2 is 1.00 bits per heavy atom. The van der Waals surface area contributed by atoms with Crippen molar-refractivity contribution in [1.29, 1.82) is 0 Å². The first kappa shape index (κ1) is 35.5. The summed E-state index contributed by atoms with van der Waals surface area (Å²) in [6.07, 6.45) is 0. The number of hydrogen-bond donors (Lipinski definition) is 0. The Morgan fingerprint density at radius 1 is 1.00 bits per heavy atom. The van der Waals surface area contributed by atoms with Gasteiger partial charge >= 0.3 is 0 Å². The summed E-state index contributed by atoms with van der Waals surface area (Å²) in [4.78, 5) is 0. The van der Waals surface area contributed by atoms with Gasteiger partial charge in [-0.05, 0) is 0 Å². The Kier molecular flexibility index (Phi) is 171. The molecule has 0 aliphatic carbocycles. The van der Waals surface area contributed by atoms with Gasteiger partial charge in [0.25, 0.3) is 0 Å².